The molecule has 0 saturated carbocycles. The Kier molecular flexibility index (Phi) is 7.58. The van der Waals surface area contributed by atoms with E-state index < -0.39 is 9.84 Å². The predicted molar refractivity (Wildman–Crippen MR) is 86.5 cm³/mol. The first kappa shape index (κ1) is 17.5. The van der Waals surface area contributed by atoms with Crippen molar-refractivity contribution in [3.63, 3.8) is 0 Å². The molecule has 0 aromatic heterocycles. The van der Waals surface area contributed by atoms with E-state index in [0.29, 0.717) is 6.42 Å². The summed E-state index contributed by atoms with van der Waals surface area (Å²) in [5.41, 5.74) is 3.87. The Morgan fingerprint density at radius 1 is 1.25 bits per heavy atom. The Balaban J connectivity index is 2.57. The van der Waals surface area contributed by atoms with Gasteiger partial charge >= 0.3 is 0 Å². The molecule has 6 heteroatoms. The van der Waals surface area contributed by atoms with E-state index in [9.17, 15) is 8.42 Å². The second kappa shape index (κ2) is 8.67. The summed E-state index contributed by atoms with van der Waals surface area (Å²) in [6.45, 7) is 3.80. The van der Waals surface area contributed by atoms with Crippen LogP contribution in [-0.2, 0) is 9.84 Å². The molecule has 0 aliphatic carbocycles. The van der Waals surface area contributed by atoms with Gasteiger partial charge in [0.15, 0.2) is 0 Å². The fourth-order valence-electron chi connectivity index (χ4n) is 1.96. The summed E-state index contributed by atoms with van der Waals surface area (Å²) in [6, 6.07) is 8.27. The van der Waals surface area contributed by atoms with Crippen molar-refractivity contribution in [1.82, 2.24) is 5.43 Å². The second-order valence-corrected chi connectivity index (χ2v) is 8.41. The van der Waals surface area contributed by atoms with E-state index in [4.69, 9.17) is 5.84 Å². The van der Waals surface area contributed by atoms with Crippen LogP contribution in [0.2, 0.25) is 0 Å². The number of nitrogens with two attached hydrogens (primary N) is 1. The summed E-state index contributed by atoms with van der Waals surface area (Å²) in [4.78, 5) is 1.24. The molecule has 20 heavy (non-hydrogen) atoms. The average molecular weight is 316 g/mol. The number of thioether (sulfide) groups is 1. The highest BCUT2D eigenvalue weighted by molar-refractivity contribution is 7.99. The van der Waals surface area contributed by atoms with Crippen LogP contribution in [-0.4, -0.2) is 25.7 Å². The molecule has 0 heterocycles. The first-order valence-corrected chi connectivity index (χ1v) is 9.72. The Labute approximate surface area is 126 Å². The minimum atomic E-state index is -2.89. The van der Waals surface area contributed by atoms with Gasteiger partial charge in [0.25, 0.3) is 0 Å². The van der Waals surface area contributed by atoms with E-state index in [1.165, 1.54) is 4.90 Å². The van der Waals surface area contributed by atoms with Crippen molar-refractivity contribution in [2.24, 2.45) is 5.84 Å². The van der Waals surface area contributed by atoms with Gasteiger partial charge in [-0.2, -0.15) is 0 Å². The van der Waals surface area contributed by atoms with Crippen molar-refractivity contribution in [1.29, 1.82) is 0 Å². The first-order valence-electron chi connectivity index (χ1n) is 6.91. The van der Waals surface area contributed by atoms with Gasteiger partial charge in [0.05, 0.1) is 5.75 Å². The molecule has 0 radical (unpaired) electrons. The highest BCUT2D eigenvalue weighted by Gasteiger charge is 2.12. The number of benzene rings is 1. The number of hydrogen-bond donors (Lipinski definition) is 2. The predicted octanol–water partition coefficient (Wildman–Crippen LogP) is 2.52. The topological polar surface area (TPSA) is 72.2 Å². The van der Waals surface area contributed by atoms with Crippen LogP contribution >= 0.6 is 11.8 Å². The van der Waals surface area contributed by atoms with Crippen molar-refractivity contribution >= 4 is 21.6 Å². The van der Waals surface area contributed by atoms with Gasteiger partial charge in [-0.05, 0) is 36.3 Å². The first-order chi connectivity index (χ1) is 9.52. The molecule has 1 aromatic carbocycles. The van der Waals surface area contributed by atoms with Gasteiger partial charge < -0.3 is 0 Å². The van der Waals surface area contributed by atoms with Gasteiger partial charge in [-0.1, -0.05) is 26.0 Å². The quantitative estimate of drug-likeness (QED) is 0.416. The normalized spacial score (nSPS) is 13.3. The summed E-state index contributed by atoms with van der Waals surface area (Å²) in [6.07, 6.45) is 1.34. The van der Waals surface area contributed by atoms with Crippen LogP contribution in [0.3, 0.4) is 0 Å². The molecule has 0 fully saturated rings. The molecule has 1 rings (SSSR count). The maximum atomic E-state index is 11.5. The smallest absolute Gasteiger partial charge is 0.150 e. The summed E-state index contributed by atoms with van der Waals surface area (Å²) in [5, 5.41) is 0. The van der Waals surface area contributed by atoms with Crippen LogP contribution in [0.25, 0.3) is 0 Å². The fourth-order valence-corrected chi connectivity index (χ4v) is 3.52. The van der Waals surface area contributed by atoms with Crippen molar-refractivity contribution in [3.8, 4) is 0 Å². The van der Waals surface area contributed by atoms with Gasteiger partial charge in [-0.15, -0.1) is 11.8 Å². The van der Waals surface area contributed by atoms with Crippen molar-refractivity contribution in [2.75, 3.05) is 17.3 Å². The molecule has 1 unspecified atom stereocenters. The second-order valence-electron chi connectivity index (χ2n) is 4.60. The van der Waals surface area contributed by atoms with E-state index in [-0.39, 0.29) is 17.5 Å². The molecule has 0 spiro atoms. The molecule has 1 atom stereocenters. The monoisotopic (exact) mass is 316 g/mol. The maximum Gasteiger partial charge on any atom is 0.150 e. The Morgan fingerprint density at radius 2 is 1.90 bits per heavy atom. The van der Waals surface area contributed by atoms with E-state index in [2.05, 4.69) is 36.6 Å². The minimum Gasteiger partial charge on any atom is -0.271 e. The van der Waals surface area contributed by atoms with Crippen molar-refractivity contribution in [3.05, 3.63) is 29.8 Å². The van der Waals surface area contributed by atoms with E-state index in [1.807, 2.05) is 0 Å². The van der Waals surface area contributed by atoms with E-state index >= 15 is 0 Å². The van der Waals surface area contributed by atoms with E-state index in [0.717, 1.165) is 17.7 Å². The Morgan fingerprint density at radius 3 is 2.40 bits per heavy atom. The lowest BCUT2D eigenvalue weighted by atomic mass is 10.0. The van der Waals surface area contributed by atoms with Crippen LogP contribution in [0.15, 0.2) is 29.2 Å². The zero-order valence-corrected chi connectivity index (χ0v) is 13.8. The van der Waals surface area contributed by atoms with Gasteiger partial charge in [-0.3, -0.25) is 11.3 Å². The molecule has 0 aliphatic heterocycles. The largest absolute Gasteiger partial charge is 0.271 e. The van der Waals surface area contributed by atoms with Crippen molar-refractivity contribution in [2.45, 2.75) is 37.6 Å². The molecule has 0 saturated heterocycles. The minimum absolute atomic E-state index is 0.00253. The van der Waals surface area contributed by atoms with Gasteiger partial charge in [-0.25, -0.2) is 8.42 Å². The van der Waals surface area contributed by atoms with Gasteiger partial charge in [0, 0.05) is 16.7 Å². The van der Waals surface area contributed by atoms with Crippen LogP contribution < -0.4 is 11.3 Å². The molecular weight excluding hydrogens is 292 g/mol. The Bertz CT molecular complexity index is 486. The third-order valence-electron chi connectivity index (χ3n) is 3.18. The van der Waals surface area contributed by atoms with E-state index in [1.54, 1.807) is 18.7 Å². The standard InChI is InChI=1S/C14H24N2O2S2/c1-3-19-13-9-7-12(8-10-13)14(16-15)6-5-11-20(17,18)4-2/h7-10,14,16H,3-6,11,15H2,1-2H3. The summed E-state index contributed by atoms with van der Waals surface area (Å²) < 4.78 is 22.9. The number of hydrogen-bond acceptors (Lipinski definition) is 5. The van der Waals surface area contributed by atoms with Gasteiger partial charge in [0.1, 0.15) is 9.84 Å². The summed E-state index contributed by atoms with van der Waals surface area (Å²) in [7, 11) is -2.89. The van der Waals surface area contributed by atoms with Crippen LogP contribution in [0, 0.1) is 0 Å². The molecular formula is C14H24N2O2S2. The lowest BCUT2D eigenvalue weighted by Gasteiger charge is -2.16. The Hall–Kier alpha value is -0.560. The average Bonchev–Trinajstić information content (AvgIpc) is 2.45. The van der Waals surface area contributed by atoms with Crippen LogP contribution in [0.4, 0.5) is 0 Å². The highest BCUT2D eigenvalue weighted by atomic mass is 32.2. The molecule has 0 aliphatic rings. The zero-order valence-electron chi connectivity index (χ0n) is 12.1. The fraction of sp³-hybridized carbons (Fsp3) is 0.571. The molecule has 114 valence electrons. The third-order valence-corrected chi connectivity index (χ3v) is 5.87. The molecule has 0 bridgehead atoms. The summed E-state index contributed by atoms with van der Waals surface area (Å²) >= 11 is 1.80. The number of sulfone groups is 1. The molecule has 4 nitrogen and oxygen atoms in total. The molecule has 1 aromatic rings. The zero-order chi connectivity index (χ0) is 15.0. The number of rotatable bonds is 9. The highest BCUT2D eigenvalue weighted by Crippen LogP contribution is 2.23. The number of nitrogens with one attached hydrogen (secondary N) is 1. The molecule has 3 N–H and O–H groups in total. The SMILES string of the molecule is CCSc1ccc(C(CCCS(=O)(=O)CC)NN)cc1. The van der Waals surface area contributed by atoms with Gasteiger partial charge in [0.2, 0.25) is 0 Å². The van der Waals surface area contributed by atoms with Crippen LogP contribution in [0.1, 0.15) is 38.3 Å². The van der Waals surface area contributed by atoms with Crippen LogP contribution in [0.5, 0.6) is 0 Å². The number of hydrazine groups is 1. The summed E-state index contributed by atoms with van der Waals surface area (Å²) in [5.74, 6) is 7.06. The third kappa shape index (κ3) is 5.83. The lowest BCUT2D eigenvalue weighted by molar-refractivity contribution is 0.507. The van der Waals surface area contributed by atoms with Crippen molar-refractivity contribution < 1.29 is 8.42 Å². The lowest BCUT2D eigenvalue weighted by Crippen LogP contribution is -2.28. The molecule has 0 amide bonds. The maximum absolute atomic E-state index is 11.5.